The lowest BCUT2D eigenvalue weighted by molar-refractivity contribution is -0.0723. The summed E-state index contributed by atoms with van der Waals surface area (Å²) in [5.74, 6) is 0.749. The van der Waals surface area contributed by atoms with Crippen LogP contribution in [0.5, 0.6) is 0 Å². The summed E-state index contributed by atoms with van der Waals surface area (Å²) in [7, 11) is 0. The standard InChI is InChI=1S/C13H25NO2/c15-13(6-8-14-9-7-13)11-16-10-12-4-2-1-3-5-12/h12,14-15H,1-11H2. The van der Waals surface area contributed by atoms with E-state index in [9.17, 15) is 5.11 Å². The molecule has 0 atom stereocenters. The third kappa shape index (κ3) is 3.72. The van der Waals surface area contributed by atoms with Crippen molar-refractivity contribution in [1.29, 1.82) is 0 Å². The molecule has 0 aromatic rings. The van der Waals surface area contributed by atoms with E-state index in [4.69, 9.17) is 4.74 Å². The molecule has 2 fully saturated rings. The first-order valence-corrected chi connectivity index (χ1v) is 6.79. The van der Waals surface area contributed by atoms with Gasteiger partial charge in [-0.3, -0.25) is 0 Å². The Hall–Kier alpha value is -0.120. The van der Waals surface area contributed by atoms with Crippen LogP contribution < -0.4 is 5.32 Å². The van der Waals surface area contributed by atoms with Crippen LogP contribution in [0.15, 0.2) is 0 Å². The molecule has 0 spiro atoms. The van der Waals surface area contributed by atoms with E-state index in [0.29, 0.717) is 6.61 Å². The van der Waals surface area contributed by atoms with E-state index in [1.54, 1.807) is 0 Å². The van der Waals surface area contributed by atoms with Gasteiger partial charge in [0.25, 0.3) is 0 Å². The van der Waals surface area contributed by atoms with Crippen molar-refractivity contribution >= 4 is 0 Å². The molecule has 1 saturated heterocycles. The highest BCUT2D eigenvalue weighted by Crippen LogP contribution is 2.25. The van der Waals surface area contributed by atoms with Gasteiger partial charge in [0.2, 0.25) is 0 Å². The molecule has 0 bridgehead atoms. The van der Waals surface area contributed by atoms with Crippen molar-refractivity contribution in [2.24, 2.45) is 5.92 Å². The SMILES string of the molecule is OC1(COCC2CCCCC2)CCNCC1. The van der Waals surface area contributed by atoms with Gasteiger partial charge in [-0.2, -0.15) is 0 Å². The lowest BCUT2D eigenvalue weighted by atomic mass is 9.90. The average Bonchev–Trinajstić information content (AvgIpc) is 2.31. The van der Waals surface area contributed by atoms with Crippen molar-refractivity contribution in [1.82, 2.24) is 5.32 Å². The lowest BCUT2D eigenvalue weighted by Crippen LogP contribution is -2.45. The minimum absolute atomic E-state index is 0.533. The van der Waals surface area contributed by atoms with E-state index >= 15 is 0 Å². The summed E-state index contributed by atoms with van der Waals surface area (Å²) in [5, 5.41) is 13.5. The summed E-state index contributed by atoms with van der Waals surface area (Å²) >= 11 is 0. The summed E-state index contributed by atoms with van der Waals surface area (Å²) in [6.07, 6.45) is 8.42. The number of aliphatic hydroxyl groups is 1. The Morgan fingerprint density at radius 1 is 1.12 bits per heavy atom. The van der Waals surface area contributed by atoms with Gasteiger partial charge < -0.3 is 15.2 Å². The van der Waals surface area contributed by atoms with Crippen molar-refractivity contribution in [3.8, 4) is 0 Å². The van der Waals surface area contributed by atoms with Crippen molar-refractivity contribution in [3.05, 3.63) is 0 Å². The maximum Gasteiger partial charge on any atom is 0.0904 e. The number of hydrogen-bond acceptors (Lipinski definition) is 3. The van der Waals surface area contributed by atoms with Crippen molar-refractivity contribution < 1.29 is 9.84 Å². The highest BCUT2D eigenvalue weighted by molar-refractivity contribution is 4.84. The highest BCUT2D eigenvalue weighted by atomic mass is 16.5. The predicted octanol–water partition coefficient (Wildman–Crippen LogP) is 1.70. The van der Waals surface area contributed by atoms with Gasteiger partial charge in [0.05, 0.1) is 12.2 Å². The third-order valence-electron chi connectivity index (χ3n) is 3.98. The zero-order valence-electron chi connectivity index (χ0n) is 10.2. The van der Waals surface area contributed by atoms with E-state index in [1.165, 1.54) is 32.1 Å². The number of nitrogens with one attached hydrogen (secondary N) is 1. The molecule has 3 nitrogen and oxygen atoms in total. The molecule has 0 unspecified atom stereocenters. The molecule has 1 saturated carbocycles. The monoisotopic (exact) mass is 227 g/mol. The van der Waals surface area contributed by atoms with Crippen molar-refractivity contribution in [2.45, 2.75) is 50.5 Å². The van der Waals surface area contributed by atoms with E-state index in [2.05, 4.69) is 5.32 Å². The molecule has 0 amide bonds. The molecule has 2 N–H and O–H groups in total. The summed E-state index contributed by atoms with van der Waals surface area (Å²) in [6.45, 7) is 3.23. The predicted molar refractivity (Wildman–Crippen MR) is 64.4 cm³/mol. The Morgan fingerprint density at radius 3 is 2.50 bits per heavy atom. The molecule has 2 aliphatic rings. The minimum Gasteiger partial charge on any atom is -0.387 e. The molecule has 2 rings (SSSR count). The van der Waals surface area contributed by atoms with Crippen molar-refractivity contribution in [2.75, 3.05) is 26.3 Å². The molecule has 1 aliphatic carbocycles. The normalized spacial score (nSPS) is 26.8. The van der Waals surface area contributed by atoms with Gasteiger partial charge in [-0.1, -0.05) is 19.3 Å². The molecule has 0 aromatic carbocycles. The molecule has 94 valence electrons. The van der Waals surface area contributed by atoms with Crippen LogP contribution in [-0.4, -0.2) is 37.0 Å². The third-order valence-corrected chi connectivity index (χ3v) is 3.98. The van der Waals surface area contributed by atoms with E-state index in [-0.39, 0.29) is 0 Å². The number of ether oxygens (including phenoxy) is 1. The second kappa shape index (κ2) is 5.99. The van der Waals surface area contributed by atoms with Crippen LogP contribution in [0.4, 0.5) is 0 Å². The van der Waals surface area contributed by atoms with Gasteiger partial charge in [-0.15, -0.1) is 0 Å². The maximum absolute atomic E-state index is 10.2. The summed E-state index contributed by atoms with van der Waals surface area (Å²) in [5.41, 5.74) is -0.556. The van der Waals surface area contributed by atoms with Gasteiger partial charge in [-0.25, -0.2) is 0 Å². The number of piperidine rings is 1. The minimum atomic E-state index is -0.556. The van der Waals surface area contributed by atoms with Gasteiger partial charge >= 0.3 is 0 Å². The van der Waals surface area contributed by atoms with Crippen LogP contribution in [0, 0.1) is 5.92 Å². The molecule has 3 heteroatoms. The molecule has 1 heterocycles. The first kappa shape index (κ1) is 12.3. The quantitative estimate of drug-likeness (QED) is 0.768. The van der Waals surface area contributed by atoms with Crippen LogP contribution in [0.25, 0.3) is 0 Å². The van der Waals surface area contributed by atoms with Gasteiger partial charge in [0.15, 0.2) is 0 Å². The Kier molecular flexibility index (Phi) is 4.62. The molecule has 0 radical (unpaired) electrons. The van der Waals surface area contributed by atoms with Gasteiger partial charge in [-0.05, 0) is 44.7 Å². The second-order valence-corrected chi connectivity index (χ2v) is 5.49. The Bertz CT molecular complexity index is 196. The lowest BCUT2D eigenvalue weighted by Gasteiger charge is -2.33. The van der Waals surface area contributed by atoms with E-state index in [1.807, 2.05) is 0 Å². The first-order valence-electron chi connectivity index (χ1n) is 6.79. The molecular formula is C13H25NO2. The fraction of sp³-hybridized carbons (Fsp3) is 1.00. The van der Waals surface area contributed by atoms with Gasteiger partial charge in [0.1, 0.15) is 0 Å². The van der Waals surface area contributed by atoms with Crippen LogP contribution in [0.2, 0.25) is 0 Å². The van der Waals surface area contributed by atoms with E-state index < -0.39 is 5.60 Å². The van der Waals surface area contributed by atoms with E-state index in [0.717, 1.165) is 38.5 Å². The Morgan fingerprint density at radius 2 is 1.81 bits per heavy atom. The van der Waals surface area contributed by atoms with Crippen molar-refractivity contribution in [3.63, 3.8) is 0 Å². The van der Waals surface area contributed by atoms with Gasteiger partial charge in [0, 0.05) is 6.61 Å². The Balaban J connectivity index is 1.62. The van der Waals surface area contributed by atoms with Crippen LogP contribution in [-0.2, 0) is 4.74 Å². The maximum atomic E-state index is 10.2. The fourth-order valence-electron chi connectivity index (χ4n) is 2.81. The number of rotatable bonds is 4. The largest absolute Gasteiger partial charge is 0.387 e. The van der Waals surface area contributed by atoms with Crippen LogP contribution in [0.1, 0.15) is 44.9 Å². The molecule has 16 heavy (non-hydrogen) atoms. The fourth-order valence-corrected chi connectivity index (χ4v) is 2.81. The van der Waals surface area contributed by atoms with Crippen LogP contribution >= 0.6 is 0 Å². The van der Waals surface area contributed by atoms with Crippen LogP contribution in [0.3, 0.4) is 0 Å². The highest BCUT2D eigenvalue weighted by Gasteiger charge is 2.29. The smallest absolute Gasteiger partial charge is 0.0904 e. The topological polar surface area (TPSA) is 41.5 Å². The summed E-state index contributed by atoms with van der Waals surface area (Å²) < 4.78 is 5.74. The molecule has 0 aromatic heterocycles. The zero-order valence-corrected chi connectivity index (χ0v) is 10.2. The Labute approximate surface area is 98.6 Å². The average molecular weight is 227 g/mol. The summed E-state index contributed by atoms with van der Waals surface area (Å²) in [4.78, 5) is 0. The zero-order chi connectivity index (χ0) is 11.3. The summed E-state index contributed by atoms with van der Waals surface area (Å²) in [6, 6.07) is 0. The number of hydrogen-bond donors (Lipinski definition) is 2. The first-order chi connectivity index (χ1) is 7.79. The molecule has 1 aliphatic heterocycles. The molecular weight excluding hydrogens is 202 g/mol. The second-order valence-electron chi connectivity index (χ2n) is 5.49.